The van der Waals surface area contributed by atoms with Crippen molar-refractivity contribution in [2.24, 2.45) is 0 Å². The molecule has 0 fully saturated rings. The first kappa shape index (κ1) is 23.1. The van der Waals surface area contributed by atoms with E-state index in [-0.39, 0.29) is 0 Å². The van der Waals surface area contributed by atoms with E-state index in [4.69, 9.17) is 4.74 Å². The number of H-pyrrole nitrogens is 2. The van der Waals surface area contributed by atoms with Crippen LogP contribution in [-0.4, -0.2) is 19.0 Å². The van der Waals surface area contributed by atoms with Crippen molar-refractivity contribution in [3.63, 3.8) is 0 Å². The van der Waals surface area contributed by atoms with Gasteiger partial charge in [0, 0.05) is 11.6 Å². The molecular formula is C19H29BF4N2O. The van der Waals surface area contributed by atoms with Crippen LogP contribution >= 0.6 is 0 Å². The van der Waals surface area contributed by atoms with Crippen LogP contribution in [0.1, 0.15) is 58.3 Å². The Morgan fingerprint density at radius 2 is 1.41 bits per heavy atom. The third-order valence-corrected chi connectivity index (χ3v) is 3.97. The number of unbranched alkanes of at least 4 members (excludes halogenated alkanes) is 7. The maximum absolute atomic E-state index is 9.75. The summed E-state index contributed by atoms with van der Waals surface area (Å²) in [6.07, 6.45) is 12.6. The van der Waals surface area contributed by atoms with Gasteiger partial charge in [0.2, 0.25) is 0 Å². The molecule has 3 nitrogen and oxygen atoms in total. The lowest BCUT2D eigenvalue weighted by Crippen LogP contribution is -2.02. The minimum Gasteiger partial charge on any atom is -0.494 e. The van der Waals surface area contributed by atoms with Crippen molar-refractivity contribution < 1.29 is 27.1 Å². The van der Waals surface area contributed by atoms with Crippen LogP contribution in [0.5, 0.6) is 5.75 Å². The molecule has 0 radical (unpaired) electrons. The monoisotopic (exact) mass is 388 g/mol. The fourth-order valence-corrected chi connectivity index (χ4v) is 2.61. The zero-order valence-electron chi connectivity index (χ0n) is 15.8. The third kappa shape index (κ3) is 12.9. The molecule has 0 aliphatic heterocycles. The summed E-state index contributed by atoms with van der Waals surface area (Å²) in [6, 6.07) is 10.3. The number of hydrogen-bond acceptors (Lipinski definition) is 1. The van der Waals surface area contributed by atoms with Crippen LogP contribution in [-0.2, 0) is 0 Å². The lowest BCUT2D eigenvalue weighted by atomic mass is 10.1. The first-order valence-corrected chi connectivity index (χ1v) is 9.55. The zero-order chi connectivity index (χ0) is 20.0. The van der Waals surface area contributed by atoms with Crippen molar-refractivity contribution in [2.75, 3.05) is 6.61 Å². The molecule has 1 aromatic heterocycles. The van der Waals surface area contributed by atoms with Gasteiger partial charge in [-0.15, -0.1) is 5.10 Å². The number of nitrogens with one attached hydrogen (secondary N) is 2. The van der Waals surface area contributed by atoms with Gasteiger partial charge < -0.3 is 22.0 Å². The van der Waals surface area contributed by atoms with Crippen LogP contribution in [0.25, 0.3) is 11.3 Å². The van der Waals surface area contributed by atoms with E-state index < -0.39 is 7.25 Å². The van der Waals surface area contributed by atoms with Gasteiger partial charge in [-0.05, 0) is 30.7 Å². The first-order valence-electron chi connectivity index (χ1n) is 9.55. The minimum atomic E-state index is -6.00. The van der Waals surface area contributed by atoms with Crippen molar-refractivity contribution in [2.45, 2.75) is 58.3 Å². The smallest absolute Gasteiger partial charge is 0.494 e. The van der Waals surface area contributed by atoms with Crippen molar-refractivity contribution in [1.29, 1.82) is 0 Å². The van der Waals surface area contributed by atoms with Crippen LogP contribution in [0, 0.1) is 0 Å². The second-order valence-electron chi connectivity index (χ2n) is 6.36. The van der Waals surface area contributed by atoms with Crippen LogP contribution in [0.2, 0.25) is 0 Å². The van der Waals surface area contributed by atoms with Gasteiger partial charge in [0.25, 0.3) is 0 Å². The molecular weight excluding hydrogens is 359 g/mol. The number of benzene rings is 1. The predicted molar refractivity (Wildman–Crippen MR) is 101 cm³/mol. The van der Waals surface area contributed by atoms with E-state index in [9.17, 15) is 17.3 Å². The predicted octanol–water partition coefficient (Wildman–Crippen LogP) is 6.32. The second-order valence-corrected chi connectivity index (χ2v) is 6.36. The topological polar surface area (TPSA) is 39.2 Å². The number of halogens is 4. The molecule has 152 valence electrons. The van der Waals surface area contributed by atoms with Crippen LogP contribution in [0.3, 0.4) is 0 Å². The summed E-state index contributed by atoms with van der Waals surface area (Å²) < 4.78 is 44.8. The van der Waals surface area contributed by atoms with Crippen molar-refractivity contribution >= 4 is 7.25 Å². The summed E-state index contributed by atoms with van der Waals surface area (Å²) in [5.41, 5.74) is 2.26. The molecule has 0 unspecified atom stereocenters. The Balaban J connectivity index is 0.000000646. The van der Waals surface area contributed by atoms with Gasteiger partial charge >= 0.3 is 7.25 Å². The molecule has 1 aromatic carbocycles. The van der Waals surface area contributed by atoms with E-state index in [1.807, 2.05) is 24.4 Å². The molecule has 2 aromatic rings. The summed E-state index contributed by atoms with van der Waals surface area (Å²) in [7, 11) is -6.00. The fourth-order valence-electron chi connectivity index (χ4n) is 2.61. The van der Waals surface area contributed by atoms with Crippen molar-refractivity contribution in [3.8, 4) is 17.0 Å². The van der Waals surface area contributed by atoms with E-state index in [1.54, 1.807) is 0 Å². The fraction of sp³-hybridized carbons (Fsp3) is 0.526. The maximum atomic E-state index is 9.75. The SMILES string of the molecule is CCCCCCCCCCOc1ccc(-c2cc[nH+][nH]2)cc1.F[B-](F)(F)F. The maximum Gasteiger partial charge on any atom is 0.673 e. The van der Waals surface area contributed by atoms with E-state index in [2.05, 4.69) is 29.3 Å². The van der Waals surface area contributed by atoms with Crippen LogP contribution in [0.15, 0.2) is 36.5 Å². The summed E-state index contributed by atoms with van der Waals surface area (Å²) in [5, 5.41) is 6.05. The Hall–Kier alpha value is -1.99. The third-order valence-electron chi connectivity index (χ3n) is 3.97. The largest absolute Gasteiger partial charge is 0.673 e. The van der Waals surface area contributed by atoms with Gasteiger partial charge in [-0.3, -0.25) is 0 Å². The molecule has 1 heterocycles. The van der Waals surface area contributed by atoms with E-state index >= 15 is 0 Å². The number of hydrogen-bond donors (Lipinski definition) is 1. The molecule has 0 atom stereocenters. The van der Waals surface area contributed by atoms with Crippen LogP contribution < -0.4 is 9.84 Å². The highest BCUT2D eigenvalue weighted by atomic mass is 19.5. The number of rotatable bonds is 11. The molecule has 0 amide bonds. The molecule has 0 aliphatic rings. The Bertz CT molecular complexity index is 583. The lowest BCUT2D eigenvalue weighted by Gasteiger charge is -2.06. The molecule has 0 saturated heterocycles. The highest BCUT2D eigenvalue weighted by molar-refractivity contribution is 6.50. The van der Waals surface area contributed by atoms with Gasteiger partial charge in [-0.1, -0.05) is 51.9 Å². The summed E-state index contributed by atoms with van der Waals surface area (Å²) in [5.74, 6) is 0.960. The molecule has 2 rings (SSSR count). The average Bonchev–Trinajstić information content (AvgIpc) is 3.14. The summed E-state index contributed by atoms with van der Waals surface area (Å²) >= 11 is 0. The van der Waals surface area contributed by atoms with Crippen molar-refractivity contribution in [3.05, 3.63) is 36.5 Å². The number of ether oxygens (including phenoxy) is 1. The standard InChI is InChI=1S/C19H28N2O.BF4/c1-2-3-4-5-6-7-8-9-16-22-18-12-10-17(11-13-18)19-14-15-20-21-19;2-1(3,4)5/h10-15H,2-9,16H2,1H3,(H,20,21);/q;-1/p+1. The van der Waals surface area contributed by atoms with Gasteiger partial charge in [0.15, 0.2) is 6.20 Å². The van der Waals surface area contributed by atoms with Gasteiger partial charge in [-0.2, -0.15) is 5.10 Å². The molecule has 0 saturated carbocycles. The van der Waals surface area contributed by atoms with E-state index in [0.717, 1.165) is 24.5 Å². The highest BCUT2D eigenvalue weighted by Crippen LogP contribution is 2.20. The average molecular weight is 388 g/mol. The van der Waals surface area contributed by atoms with Crippen LogP contribution in [0.4, 0.5) is 17.3 Å². The Morgan fingerprint density at radius 1 is 0.852 bits per heavy atom. The molecule has 0 aliphatic carbocycles. The normalized spacial score (nSPS) is 11.0. The Kier molecular flexibility index (Phi) is 11.3. The van der Waals surface area contributed by atoms with Gasteiger partial charge in [-0.25, -0.2) is 0 Å². The van der Waals surface area contributed by atoms with Gasteiger partial charge in [0.05, 0.1) is 6.61 Å². The van der Waals surface area contributed by atoms with Crippen molar-refractivity contribution in [1.82, 2.24) is 5.10 Å². The van der Waals surface area contributed by atoms with Gasteiger partial charge in [0.1, 0.15) is 11.4 Å². The molecule has 8 heteroatoms. The quantitative estimate of drug-likeness (QED) is 0.273. The molecule has 27 heavy (non-hydrogen) atoms. The number of aromatic amines is 2. The highest BCUT2D eigenvalue weighted by Gasteiger charge is 2.20. The Labute approximate surface area is 158 Å². The summed E-state index contributed by atoms with van der Waals surface area (Å²) in [6.45, 7) is 3.09. The molecule has 2 N–H and O–H groups in total. The molecule has 0 bridgehead atoms. The minimum absolute atomic E-state index is 0.824. The van der Waals surface area contributed by atoms with E-state index in [1.165, 1.54) is 50.5 Å². The number of aromatic nitrogens is 2. The van der Waals surface area contributed by atoms with E-state index in [0.29, 0.717) is 0 Å². The first-order chi connectivity index (χ1) is 12.9. The Morgan fingerprint density at radius 3 is 1.93 bits per heavy atom. The second kappa shape index (κ2) is 13.2. The summed E-state index contributed by atoms with van der Waals surface area (Å²) in [4.78, 5) is 0. The molecule has 0 spiro atoms. The lowest BCUT2D eigenvalue weighted by molar-refractivity contribution is -0.448. The zero-order valence-corrected chi connectivity index (χ0v) is 15.8.